The number of rotatable bonds is 3. The SMILES string of the molecule is CCOC(=O)c1nc2c(C#N)c(SC)sc2c(=O)o1. The van der Waals surface area contributed by atoms with Crippen molar-refractivity contribution in [3.63, 3.8) is 0 Å². The van der Waals surface area contributed by atoms with E-state index in [9.17, 15) is 9.59 Å². The number of nitriles is 1. The highest BCUT2D eigenvalue weighted by Crippen LogP contribution is 2.33. The molecule has 98 valence electrons. The quantitative estimate of drug-likeness (QED) is 0.631. The molecule has 2 aromatic rings. The van der Waals surface area contributed by atoms with E-state index in [0.717, 1.165) is 11.3 Å². The highest BCUT2D eigenvalue weighted by molar-refractivity contribution is 8.00. The van der Waals surface area contributed by atoms with Crippen molar-refractivity contribution >= 4 is 39.3 Å². The Hall–Kier alpha value is -1.85. The molecular weight excluding hydrogens is 288 g/mol. The predicted octanol–water partition coefficient (Wildman–Crippen LogP) is 2.02. The van der Waals surface area contributed by atoms with Crippen LogP contribution in [0.15, 0.2) is 13.4 Å². The number of aromatic nitrogens is 1. The first kappa shape index (κ1) is 13.6. The minimum Gasteiger partial charge on any atom is -0.459 e. The highest BCUT2D eigenvalue weighted by atomic mass is 32.2. The van der Waals surface area contributed by atoms with Crippen molar-refractivity contribution in [1.82, 2.24) is 4.98 Å². The molecule has 0 aromatic carbocycles. The first-order valence-electron chi connectivity index (χ1n) is 5.21. The van der Waals surface area contributed by atoms with Crippen LogP contribution in [0, 0.1) is 11.3 Å². The smallest absolute Gasteiger partial charge is 0.394 e. The maximum Gasteiger partial charge on any atom is 0.394 e. The molecule has 0 unspecified atom stereocenters. The summed E-state index contributed by atoms with van der Waals surface area (Å²) in [6.45, 7) is 1.78. The van der Waals surface area contributed by atoms with Gasteiger partial charge in [0.05, 0.1) is 10.8 Å². The minimum absolute atomic E-state index is 0.146. The molecule has 0 atom stereocenters. The van der Waals surface area contributed by atoms with Crippen molar-refractivity contribution in [2.24, 2.45) is 0 Å². The number of thiophene rings is 1. The Morgan fingerprint density at radius 1 is 1.63 bits per heavy atom. The summed E-state index contributed by atoms with van der Waals surface area (Å²) >= 11 is 2.47. The predicted molar refractivity (Wildman–Crippen MR) is 70.6 cm³/mol. The van der Waals surface area contributed by atoms with Crippen molar-refractivity contribution in [3.8, 4) is 6.07 Å². The second-order valence-electron chi connectivity index (χ2n) is 3.29. The van der Waals surface area contributed by atoms with Gasteiger partial charge in [0.1, 0.15) is 21.8 Å². The summed E-state index contributed by atoms with van der Waals surface area (Å²) < 4.78 is 10.4. The van der Waals surface area contributed by atoms with E-state index in [-0.39, 0.29) is 22.4 Å². The van der Waals surface area contributed by atoms with Crippen LogP contribution < -0.4 is 5.63 Å². The molecule has 0 amide bonds. The molecule has 0 aliphatic heterocycles. The van der Waals surface area contributed by atoms with Crippen LogP contribution in [0.2, 0.25) is 0 Å². The Labute approximate surface area is 116 Å². The largest absolute Gasteiger partial charge is 0.459 e. The van der Waals surface area contributed by atoms with E-state index < -0.39 is 17.5 Å². The topological polar surface area (TPSA) is 93.2 Å². The van der Waals surface area contributed by atoms with Gasteiger partial charge in [-0.25, -0.2) is 14.6 Å². The van der Waals surface area contributed by atoms with Gasteiger partial charge in [0.15, 0.2) is 0 Å². The Bertz CT molecular complexity index is 741. The van der Waals surface area contributed by atoms with Gasteiger partial charge >= 0.3 is 17.5 Å². The van der Waals surface area contributed by atoms with Crippen LogP contribution in [-0.4, -0.2) is 23.8 Å². The van der Waals surface area contributed by atoms with Crippen LogP contribution >= 0.6 is 23.1 Å². The summed E-state index contributed by atoms with van der Waals surface area (Å²) in [5, 5.41) is 9.11. The average Bonchev–Trinajstić information content (AvgIpc) is 2.77. The van der Waals surface area contributed by atoms with Crippen LogP contribution in [0.25, 0.3) is 10.2 Å². The van der Waals surface area contributed by atoms with Crippen molar-refractivity contribution in [1.29, 1.82) is 5.26 Å². The second-order valence-corrected chi connectivity index (χ2v) is 5.38. The normalized spacial score (nSPS) is 10.4. The lowest BCUT2D eigenvalue weighted by atomic mass is 10.3. The lowest BCUT2D eigenvalue weighted by Crippen LogP contribution is -2.12. The van der Waals surface area contributed by atoms with E-state index in [1.54, 1.807) is 13.2 Å². The first-order chi connectivity index (χ1) is 9.12. The molecule has 2 rings (SSSR count). The number of thioether (sulfide) groups is 1. The zero-order valence-corrected chi connectivity index (χ0v) is 11.7. The fourth-order valence-corrected chi connectivity index (χ4v) is 3.16. The average molecular weight is 296 g/mol. The summed E-state index contributed by atoms with van der Waals surface area (Å²) in [4.78, 5) is 27.2. The molecule has 0 saturated carbocycles. The molecule has 0 fully saturated rings. The fourth-order valence-electron chi connectivity index (χ4n) is 1.43. The van der Waals surface area contributed by atoms with Crippen molar-refractivity contribution < 1.29 is 13.9 Å². The summed E-state index contributed by atoms with van der Waals surface area (Å²) in [6.07, 6.45) is 1.79. The lowest BCUT2D eigenvalue weighted by molar-refractivity contribution is 0.0474. The van der Waals surface area contributed by atoms with Crippen LogP contribution in [0.3, 0.4) is 0 Å². The molecular formula is C11H8N2O4S2. The van der Waals surface area contributed by atoms with Crippen LogP contribution in [0.1, 0.15) is 23.2 Å². The maximum atomic E-state index is 11.8. The Morgan fingerprint density at radius 2 is 2.37 bits per heavy atom. The number of esters is 1. The van der Waals surface area contributed by atoms with E-state index in [4.69, 9.17) is 14.4 Å². The standard InChI is InChI=1S/C11H8N2O4S2/c1-3-16-10(15)8-13-6-5(4-12)11(18-2)19-7(6)9(14)17-8/h3H2,1-2H3. The Balaban J connectivity index is 2.72. The summed E-state index contributed by atoms with van der Waals surface area (Å²) in [6, 6.07) is 1.99. The monoisotopic (exact) mass is 296 g/mol. The van der Waals surface area contributed by atoms with E-state index in [1.165, 1.54) is 11.8 Å². The Morgan fingerprint density at radius 3 is 2.95 bits per heavy atom. The van der Waals surface area contributed by atoms with Crippen molar-refractivity contribution in [2.75, 3.05) is 12.9 Å². The van der Waals surface area contributed by atoms with E-state index in [1.807, 2.05) is 6.07 Å². The van der Waals surface area contributed by atoms with Crippen LogP contribution in [0.5, 0.6) is 0 Å². The molecule has 8 heteroatoms. The lowest BCUT2D eigenvalue weighted by Gasteiger charge is -1.98. The van der Waals surface area contributed by atoms with Gasteiger partial charge in [-0.1, -0.05) is 0 Å². The van der Waals surface area contributed by atoms with Gasteiger partial charge < -0.3 is 9.15 Å². The zero-order valence-electron chi connectivity index (χ0n) is 10.1. The van der Waals surface area contributed by atoms with Gasteiger partial charge in [-0.05, 0) is 13.2 Å². The minimum atomic E-state index is -0.817. The molecule has 0 aliphatic rings. The molecule has 0 aliphatic carbocycles. The molecule has 0 saturated heterocycles. The van der Waals surface area contributed by atoms with Crippen LogP contribution in [0.4, 0.5) is 0 Å². The summed E-state index contributed by atoms with van der Waals surface area (Å²) in [7, 11) is 0. The highest BCUT2D eigenvalue weighted by Gasteiger charge is 2.21. The molecule has 0 spiro atoms. The van der Waals surface area contributed by atoms with Crippen LogP contribution in [-0.2, 0) is 4.74 Å². The van der Waals surface area contributed by atoms with Gasteiger partial charge in [0.2, 0.25) is 0 Å². The molecule has 0 radical (unpaired) electrons. The third kappa shape index (κ3) is 2.34. The van der Waals surface area contributed by atoms with Gasteiger partial charge in [-0.3, -0.25) is 0 Å². The zero-order chi connectivity index (χ0) is 14.0. The van der Waals surface area contributed by atoms with Gasteiger partial charge in [0.25, 0.3) is 0 Å². The number of fused-ring (bicyclic) bond motifs is 1. The van der Waals surface area contributed by atoms with Gasteiger partial charge in [-0.2, -0.15) is 5.26 Å². The maximum absolute atomic E-state index is 11.8. The van der Waals surface area contributed by atoms with Gasteiger partial charge in [-0.15, -0.1) is 23.1 Å². The van der Waals surface area contributed by atoms with Crippen molar-refractivity contribution in [2.45, 2.75) is 11.1 Å². The number of hydrogen-bond donors (Lipinski definition) is 0. The fraction of sp³-hybridized carbons (Fsp3) is 0.273. The number of carbonyl (C=O) groups is 1. The third-order valence-electron chi connectivity index (χ3n) is 2.19. The molecule has 2 aromatic heterocycles. The third-order valence-corrected chi connectivity index (χ3v) is 4.46. The molecule has 6 nitrogen and oxygen atoms in total. The van der Waals surface area contributed by atoms with E-state index >= 15 is 0 Å². The molecule has 2 heterocycles. The Kier molecular flexibility index (Phi) is 3.87. The second kappa shape index (κ2) is 5.42. The molecule has 19 heavy (non-hydrogen) atoms. The van der Waals surface area contributed by atoms with E-state index in [0.29, 0.717) is 4.21 Å². The number of ether oxygens (including phenoxy) is 1. The van der Waals surface area contributed by atoms with Crippen molar-refractivity contribution in [3.05, 3.63) is 21.9 Å². The number of nitrogens with zero attached hydrogens (tertiary/aromatic N) is 2. The number of carbonyl (C=O) groups excluding carboxylic acids is 1. The van der Waals surface area contributed by atoms with E-state index in [2.05, 4.69) is 4.98 Å². The summed E-state index contributed by atoms with van der Waals surface area (Å²) in [5.41, 5.74) is -0.211. The molecule has 0 N–H and O–H groups in total. The molecule has 0 bridgehead atoms. The summed E-state index contributed by atoms with van der Waals surface area (Å²) in [5.74, 6) is -1.25. The first-order valence-corrected chi connectivity index (χ1v) is 7.25. The van der Waals surface area contributed by atoms with Gasteiger partial charge in [0, 0.05) is 0 Å². The number of hydrogen-bond acceptors (Lipinski definition) is 8.